The molecule has 0 radical (unpaired) electrons. The fourth-order valence-corrected chi connectivity index (χ4v) is 4.92. The van der Waals surface area contributed by atoms with Gasteiger partial charge in [-0.2, -0.15) is 0 Å². The SMILES string of the molecule is CNC(=O)c1sc(N2CCCOCC2)c(S(C)(=O)=O)c1N. The van der Waals surface area contributed by atoms with Crippen LogP contribution in [0.2, 0.25) is 0 Å². The number of nitrogens with one attached hydrogen (secondary N) is 1. The second-order valence-electron chi connectivity index (χ2n) is 4.78. The minimum atomic E-state index is -3.52. The number of sulfone groups is 1. The van der Waals surface area contributed by atoms with Gasteiger partial charge in [0.1, 0.15) is 14.8 Å². The topological polar surface area (TPSA) is 102 Å². The third-order valence-electron chi connectivity index (χ3n) is 3.20. The van der Waals surface area contributed by atoms with E-state index in [-0.39, 0.29) is 21.4 Å². The molecule has 1 aliphatic rings. The average Bonchev–Trinajstić information content (AvgIpc) is 2.62. The molecule has 0 saturated carbocycles. The van der Waals surface area contributed by atoms with Crippen LogP contribution < -0.4 is 16.0 Å². The van der Waals surface area contributed by atoms with Crippen LogP contribution in [0.5, 0.6) is 0 Å². The maximum absolute atomic E-state index is 12.1. The smallest absolute Gasteiger partial charge is 0.263 e. The third-order valence-corrected chi connectivity index (χ3v) is 5.74. The highest BCUT2D eigenvalue weighted by atomic mass is 32.2. The van der Waals surface area contributed by atoms with E-state index in [9.17, 15) is 13.2 Å². The molecule has 1 saturated heterocycles. The number of nitrogens with zero attached hydrogens (tertiary/aromatic N) is 1. The van der Waals surface area contributed by atoms with Crippen molar-refractivity contribution in [3.63, 3.8) is 0 Å². The summed E-state index contributed by atoms with van der Waals surface area (Å²) in [6.45, 7) is 2.43. The normalized spacial score (nSPS) is 16.6. The highest BCUT2D eigenvalue weighted by Crippen LogP contribution is 2.41. The van der Waals surface area contributed by atoms with Gasteiger partial charge in [0.25, 0.3) is 5.91 Å². The summed E-state index contributed by atoms with van der Waals surface area (Å²) in [5, 5.41) is 3.01. The van der Waals surface area contributed by atoms with Crippen LogP contribution in [-0.4, -0.2) is 53.9 Å². The number of carbonyl (C=O) groups excluding carboxylic acids is 1. The van der Waals surface area contributed by atoms with Gasteiger partial charge in [0.05, 0.1) is 12.3 Å². The van der Waals surface area contributed by atoms with Gasteiger partial charge in [0.15, 0.2) is 9.84 Å². The van der Waals surface area contributed by atoms with Crippen LogP contribution in [0.4, 0.5) is 10.7 Å². The van der Waals surface area contributed by atoms with E-state index in [1.54, 1.807) is 0 Å². The second-order valence-corrected chi connectivity index (χ2v) is 7.74. The number of carbonyl (C=O) groups is 1. The summed E-state index contributed by atoms with van der Waals surface area (Å²) in [5.41, 5.74) is 5.95. The predicted octanol–water partition coefficient (Wildman–Crippen LogP) is 0.320. The Morgan fingerprint density at radius 1 is 1.38 bits per heavy atom. The summed E-state index contributed by atoms with van der Waals surface area (Å²) in [7, 11) is -2.04. The van der Waals surface area contributed by atoms with Crippen molar-refractivity contribution in [1.29, 1.82) is 0 Å². The number of anilines is 2. The number of nitrogens with two attached hydrogens (primary N) is 1. The monoisotopic (exact) mass is 333 g/mol. The Kier molecular flexibility index (Phi) is 4.74. The van der Waals surface area contributed by atoms with E-state index in [1.807, 2.05) is 4.90 Å². The van der Waals surface area contributed by atoms with Crippen LogP contribution in [0, 0.1) is 0 Å². The van der Waals surface area contributed by atoms with E-state index in [1.165, 1.54) is 7.05 Å². The molecule has 0 aliphatic carbocycles. The van der Waals surface area contributed by atoms with E-state index >= 15 is 0 Å². The fraction of sp³-hybridized carbons (Fsp3) is 0.583. The molecule has 118 valence electrons. The van der Waals surface area contributed by atoms with E-state index < -0.39 is 9.84 Å². The van der Waals surface area contributed by atoms with Crippen LogP contribution in [0.1, 0.15) is 16.1 Å². The lowest BCUT2D eigenvalue weighted by molar-refractivity contribution is 0.0968. The molecular weight excluding hydrogens is 314 g/mol. The first kappa shape index (κ1) is 16.1. The van der Waals surface area contributed by atoms with Gasteiger partial charge in [-0.15, -0.1) is 11.3 Å². The highest BCUT2D eigenvalue weighted by molar-refractivity contribution is 7.91. The molecule has 1 fully saturated rings. The Morgan fingerprint density at radius 2 is 2.10 bits per heavy atom. The first-order valence-corrected chi connectivity index (χ1v) is 9.24. The van der Waals surface area contributed by atoms with Crippen molar-refractivity contribution < 1.29 is 17.9 Å². The Morgan fingerprint density at radius 3 is 2.71 bits per heavy atom. The van der Waals surface area contributed by atoms with Gasteiger partial charge in [0.2, 0.25) is 0 Å². The van der Waals surface area contributed by atoms with Crippen LogP contribution >= 0.6 is 11.3 Å². The molecule has 0 bridgehead atoms. The molecule has 21 heavy (non-hydrogen) atoms. The predicted molar refractivity (Wildman–Crippen MR) is 82.9 cm³/mol. The second kappa shape index (κ2) is 6.20. The fourth-order valence-electron chi connectivity index (χ4n) is 2.21. The van der Waals surface area contributed by atoms with E-state index in [4.69, 9.17) is 10.5 Å². The van der Waals surface area contributed by atoms with E-state index in [2.05, 4.69) is 5.32 Å². The standard InChI is InChI=1S/C12H19N3O4S2/c1-14-11(16)9-8(13)10(21(2,17)18)12(20-9)15-4-3-6-19-7-5-15/h3-7,13H2,1-2H3,(H,14,16). The molecule has 1 aromatic heterocycles. The van der Waals surface area contributed by atoms with Crippen LogP contribution in [0.3, 0.4) is 0 Å². The van der Waals surface area contributed by atoms with Crippen molar-refractivity contribution >= 4 is 37.8 Å². The lowest BCUT2D eigenvalue weighted by Gasteiger charge is -2.21. The summed E-state index contributed by atoms with van der Waals surface area (Å²) >= 11 is 1.12. The Balaban J connectivity index is 2.55. The van der Waals surface area contributed by atoms with Crippen molar-refractivity contribution in [2.75, 3.05) is 50.2 Å². The average molecular weight is 333 g/mol. The van der Waals surface area contributed by atoms with Gasteiger partial charge in [0, 0.05) is 33.0 Å². The number of thiophene rings is 1. The Bertz CT molecular complexity index is 631. The number of ether oxygens (including phenoxy) is 1. The molecule has 0 aromatic carbocycles. The highest BCUT2D eigenvalue weighted by Gasteiger charge is 2.29. The molecule has 2 rings (SSSR count). The van der Waals surface area contributed by atoms with Gasteiger partial charge in [-0.25, -0.2) is 8.42 Å². The number of amides is 1. The summed E-state index contributed by atoms with van der Waals surface area (Å²) < 4.78 is 29.5. The number of nitrogen functional groups attached to an aromatic ring is 1. The number of hydrogen-bond acceptors (Lipinski definition) is 7. The summed E-state index contributed by atoms with van der Waals surface area (Å²) in [4.78, 5) is 14.1. The molecule has 3 N–H and O–H groups in total. The molecule has 7 nitrogen and oxygen atoms in total. The zero-order valence-electron chi connectivity index (χ0n) is 12.0. The van der Waals surface area contributed by atoms with Crippen LogP contribution in [0.15, 0.2) is 4.90 Å². The molecular formula is C12H19N3O4S2. The maximum Gasteiger partial charge on any atom is 0.263 e. The summed E-state index contributed by atoms with van der Waals surface area (Å²) in [6.07, 6.45) is 1.91. The number of rotatable bonds is 3. The quantitative estimate of drug-likeness (QED) is 0.826. The van der Waals surface area contributed by atoms with Gasteiger partial charge < -0.3 is 20.7 Å². The molecule has 0 unspecified atom stereocenters. The van der Waals surface area contributed by atoms with E-state index in [0.29, 0.717) is 31.3 Å². The van der Waals surface area contributed by atoms with Crippen molar-refractivity contribution in [2.45, 2.75) is 11.3 Å². The first-order valence-electron chi connectivity index (χ1n) is 6.53. The lowest BCUT2D eigenvalue weighted by atomic mass is 10.3. The van der Waals surface area contributed by atoms with Crippen molar-refractivity contribution in [1.82, 2.24) is 5.32 Å². The van der Waals surface area contributed by atoms with Gasteiger partial charge in [-0.1, -0.05) is 0 Å². The van der Waals surface area contributed by atoms with Crippen LogP contribution in [0.25, 0.3) is 0 Å². The molecule has 2 heterocycles. The summed E-state index contributed by atoms with van der Waals surface area (Å²) in [6, 6.07) is 0. The molecule has 0 atom stereocenters. The Hall–Kier alpha value is -1.32. The van der Waals surface area contributed by atoms with Gasteiger partial charge in [-0.3, -0.25) is 4.79 Å². The zero-order valence-corrected chi connectivity index (χ0v) is 13.6. The molecule has 1 amide bonds. The van der Waals surface area contributed by atoms with Crippen LogP contribution in [-0.2, 0) is 14.6 Å². The third kappa shape index (κ3) is 3.30. The maximum atomic E-state index is 12.1. The molecule has 0 spiro atoms. The largest absolute Gasteiger partial charge is 0.396 e. The summed E-state index contributed by atoms with van der Waals surface area (Å²) in [5.74, 6) is -0.375. The van der Waals surface area contributed by atoms with Gasteiger partial charge >= 0.3 is 0 Å². The minimum Gasteiger partial charge on any atom is -0.396 e. The van der Waals surface area contributed by atoms with E-state index in [0.717, 1.165) is 24.0 Å². The van der Waals surface area contributed by atoms with Crippen molar-refractivity contribution in [2.24, 2.45) is 0 Å². The van der Waals surface area contributed by atoms with Crippen molar-refractivity contribution in [3.8, 4) is 0 Å². The Labute approximate surface area is 128 Å². The zero-order chi connectivity index (χ0) is 15.6. The lowest BCUT2D eigenvalue weighted by Crippen LogP contribution is -2.26. The first-order chi connectivity index (χ1) is 9.86. The molecule has 1 aliphatic heterocycles. The van der Waals surface area contributed by atoms with Gasteiger partial charge in [-0.05, 0) is 6.42 Å². The number of hydrogen-bond donors (Lipinski definition) is 2. The minimum absolute atomic E-state index is 0.0296. The molecule has 1 aromatic rings. The molecule has 9 heteroatoms. The van der Waals surface area contributed by atoms with Crippen molar-refractivity contribution in [3.05, 3.63) is 4.88 Å².